The van der Waals surface area contributed by atoms with E-state index in [-0.39, 0.29) is 5.54 Å². The van der Waals surface area contributed by atoms with Gasteiger partial charge in [-0.15, -0.1) is 0 Å². The van der Waals surface area contributed by atoms with Crippen LogP contribution in [0.15, 0.2) is 18.6 Å². The summed E-state index contributed by atoms with van der Waals surface area (Å²) in [6.07, 6.45) is 9.21. The van der Waals surface area contributed by atoms with Crippen LogP contribution in [0.25, 0.3) is 0 Å². The van der Waals surface area contributed by atoms with Crippen LogP contribution in [-0.2, 0) is 18.5 Å². The fourth-order valence-electron chi connectivity index (χ4n) is 2.96. The van der Waals surface area contributed by atoms with Crippen LogP contribution in [0.3, 0.4) is 0 Å². The average Bonchev–Trinajstić information content (AvgIpc) is 3.04. The van der Waals surface area contributed by atoms with Crippen molar-refractivity contribution >= 4 is 0 Å². The first kappa shape index (κ1) is 13.4. The number of rotatable bonds is 3. The van der Waals surface area contributed by atoms with Crippen molar-refractivity contribution in [1.82, 2.24) is 25.1 Å². The van der Waals surface area contributed by atoms with Crippen LogP contribution in [-0.4, -0.2) is 19.7 Å². The Morgan fingerprint density at radius 2 is 2.30 bits per heavy atom. The summed E-state index contributed by atoms with van der Waals surface area (Å²) >= 11 is 0. The summed E-state index contributed by atoms with van der Waals surface area (Å²) in [4.78, 5) is 7.40. The third-order valence-electron chi connectivity index (χ3n) is 3.89. The van der Waals surface area contributed by atoms with E-state index in [1.165, 1.54) is 24.1 Å². The first-order chi connectivity index (χ1) is 9.55. The first-order valence-electron chi connectivity index (χ1n) is 7.34. The van der Waals surface area contributed by atoms with Crippen LogP contribution in [0, 0.1) is 0 Å². The molecule has 3 rings (SSSR count). The minimum atomic E-state index is 0.0521. The molecule has 2 N–H and O–H groups in total. The van der Waals surface area contributed by atoms with E-state index < -0.39 is 0 Å². The second-order valence-electron chi connectivity index (χ2n) is 6.49. The summed E-state index contributed by atoms with van der Waals surface area (Å²) in [5, 5.41) is 8.22. The maximum atomic E-state index is 4.62. The molecule has 0 fully saturated rings. The van der Waals surface area contributed by atoms with Gasteiger partial charge >= 0.3 is 0 Å². The zero-order valence-corrected chi connectivity index (χ0v) is 12.5. The fraction of sp³-hybridized carbons (Fsp3) is 0.600. The van der Waals surface area contributed by atoms with E-state index in [9.17, 15) is 0 Å². The normalized spacial score (nSPS) is 19.1. The van der Waals surface area contributed by atoms with Crippen LogP contribution in [0.2, 0.25) is 0 Å². The second kappa shape index (κ2) is 5.05. The van der Waals surface area contributed by atoms with Crippen molar-refractivity contribution in [2.24, 2.45) is 0 Å². The molecule has 0 saturated carbocycles. The van der Waals surface area contributed by atoms with E-state index in [1.807, 2.05) is 12.4 Å². The number of aromatic amines is 1. The zero-order valence-electron chi connectivity index (χ0n) is 12.5. The van der Waals surface area contributed by atoms with Gasteiger partial charge in [-0.05, 0) is 40.0 Å². The van der Waals surface area contributed by atoms with Gasteiger partial charge in [0.05, 0.1) is 18.3 Å². The number of hydrogen-bond acceptors (Lipinski definition) is 3. The third kappa shape index (κ3) is 2.50. The topological polar surface area (TPSA) is 58.5 Å². The molecule has 0 amide bonds. The van der Waals surface area contributed by atoms with E-state index in [4.69, 9.17) is 0 Å². The maximum absolute atomic E-state index is 4.62. The summed E-state index contributed by atoms with van der Waals surface area (Å²) in [7, 11) is 0. The van der Waals surface area contributed by atoms with Gasteiger partial charge in [0.1, 0.15) is 5.82 Å². The molecule has 5 heteroatoms. The lowest BCUT2D eigenvalue weighted by molar-refractivity contribution is 0.334. The largest absolute Gasteiger partial charge is 0.348 e. The molecule has 1 atom stereocenters. The van der Waals surface area contributed by atoms with E-state index in [0.29, 0.717) is 6.04 Å². The number of imidazole rings is 1. The Balaban J connectivity index is 1.78. The molecule has 108 valence electrons. The summed E-state index contributed by atoms with van der Waals surface area (Å²) in [6.45, 7) is 7.40. The monoisotopic (exact) mass is 273 g/mol. The van der Waals surface area contributed by atoms with Crippen molar-refractivity contribution in [3.05, 3.63) is 35.7 Å². The number of fused-ring (bicyclic) bond motifs is 1. The van der Waals surface area contributed by atoms with Gasteiger partial charge in [-0.25, -0.2) is 4.98 Å². The zero-order chi connectivity index (χ0) is 14.2. The van der Waals surface area contributed by atoms with Crippen molar-refractivity contribution in [3.63, 3.8) is 0 Å². The molecule has 0 radical (unpaired) electrons. The average molecular weight is 273 g/mol. The van der Waals surface area contributed by atoms with E-state index in [2.05, 4.69) is 45.8 Å². The molecule has 0 aliphatic heterocycles. The number of aromatic nitrogens is 4. The third-order valence-corrected chi connectivity index (χ3v) is 3.89. The summed E-state index contributed by atoms with van der Waals surface area (Å²) in [6, 6.07) is 0.389. The lowest BCUT2D eigenvalue weighted by Crippen LogP contribution is -2.29. The minimum Gasteiger partial charge on any atom is -0.348 e. The maximum Gasteiger partial charge on any atom is 0.120 e. The first-order valence-corrected chi connectivity index (χ1v) is 7.34. The number of nitrogens with zero attached hydrogens (tertiary/aromatic N) is 3. The Morgan fingerprint density at radius 1 is 1.45 bits per heavy atom. The Morgan fingerprint density at radius 3 is 3.00 bits per heavy atom. The van der Waals surface area contributed by atoms with Crippen LogP contribution in [0.5, 0.6) is 0 Å². The van der Waals surface area contributed by atoms with Gasteiger partial charge in [-0.2, -0.15) is 5.10 Å². The Bertz CT molecular complexity index is 562. The van der Waals surface area contributed by atoms with Crippen molar-refractivity contribution < 1.29 is 0 Å². The van der Waals surface area contributed by atoms with Crippen LogP contribution in [0.1, 0.15) is 56.7 Å². The predicted molar refractivity (Wildman–Crippen MR) is 78.3 cm³/mol. The molecule has 1 unspecified atom stereocenters. The molecule has 0 spiro atoms. The highest BCUT2D eigenvalue weighted by atomic mass is 15.3. The van der Waals surface area contributed by atoms with Crippen molar-refractivity contribution in [3.8, 4) is 0 Å². The van der Waals surface area contributed by atoms with E-state index in [1.54, 1.807) is 6.20 Å². The smallest absolute Gasteiger partial charge is 0.120 e. The molecule has 20 heavy (non-hydrogen) atoms. The molecule has 0 bridgehead atoms. The standard InChI is InChI=1S/C15H23N5/c1-15(2,3)20-13-6-4-5-12(11(13)9-19-20)18-10-14-16-7-8-17-14/h7-9,12,18H,4-6,10H2,1-3H3,(H,16,17). The van der Waals surface area contributed by atoms with Crippen LogP contribution in [0.4, 0.5) is 0 Å². The summed E-state index contributed by atoms with van der Waals surface area (Å²) in [5.74, 6) is 0.986. The minimum absolute atomic E-state index is 0.0521. The Labute approximate surface area is 119 Å². The molecule has 2 aromatic rings. The molecule has 0 saturated heterocycles. The quantitative estimate of drug-likeness (QED) is 0.903. The number of H-pyrrole nitrogens is 1. The Kier molecular flexibility index (Phi) is 3.38. The molecule has 5 nitrogen and oxygen atoms in total. The van der Waals surface area contributed by atoms with Crippen molar-refractivity contribution in [2.45, 2.75) is 58.2 Å². The van der Waals surface area contributed by atoms with Gasteiger partial charge < -0.3 is 10.3 Å². The molecule has 2 heterocycles. The van der Waals surface area contributed by atoms with Crippen LogP contribution < -0.4 is 5.32 Å². The lowest BCUT2D eigenvalue weighted by atomic mass is 9.92. The predicted octanol–water partition coefficient (Wildman–Crippen LogP) is 2.53. The van der Waals surface area contributed by atoms with Gasteiger partial charge in [0.2, 0.25) is 0 Å². The molecular formula is C15H23N5. The Hall–Kier alpha value is -1.62. The van der Waals surface area contributed by atoms with E-state index in [0.717, 1.165) is 18.8 Å². The number of hydrogen-bond donors (Lipinski definition) is 2. The van der Waals surface area contributed by atoms with Crippen LogP contribution >= 0.6 is 0 Å². The lowest BCUT2D eigenvalue weighted by Gasteiger charge is -2.28. The molecule has 0 aromatic carbocycles. The van der Waals surface area contributed by atoms with E-state index >= 15 is 0 Å². The van der Waals surface area contributed by atoms with Gasteiger partial charge in [-0.3, -0.25) is 4.68 Å². The van der Waals surface area contributed by atoms with Crippen molar-refractivity contribution in [2.75, 3.05) is 0 Å². The summed E-state index contributed by atoms with van der Waals surface area (Å²) in [5.41, 5.74) is 2.80. The van der Waals surface area contributed by atoms with Gasteiger partial charge in [0, 0.05) is 29.7 Å². The highest BCUT2D eigenvalue weighted by Crippen LogP contribution is 2.32. The molecule has 1 aliphatic carbocycles. The molecule has 1 aliphatic rings. The van der Waals surface area contributed by atoms with Crippen molar-refractivity contribution in [1.29, 1.82) is 0 Å². The van der Waals surface area contributed by atoms with Gasteiger partial charge in [0.15, 0.2) is 0 Å². The molecular weight excluding hydrogens is 250 g/mol. The van der Waals surface area contributed by atoms with Gasteiger partial charge in [-0.1, -0.05) is 0 Å². The van der Waals surface area contributed by atoms with Gasteiger partial charge in [0.25, 0.3) is 0 Å². The highest BCUT2D eigenvalue weighted by molar-refractivity contribution is 5.26. The second-order valence-corrected chi connectivity index (χ2v) is 6.49. The SMILES string of the molecule is CC(C)(C)n1ncc2c1CCCC2NCc1ncc[nH]1. The highest BCUT2D eigenvalue weighted by Gasteiger charge is 2.27. The fourth-order valence-corrected chi connectivity index (χ4v) is 2.96. The number of nitrogens with one attached hydrogen (secondary N) is 2. The summed E-state index contributed by atoms with van der Waals surface area (Å²) < 4.78 is 2.18. The molecule has 2 aromatic heterocycles.